The molecule has 0 saturated carbocycles. The molecule has 1 aromatic rings. The average molecular weight is 332 g/mol. The molecule has 3 rings (SSSR count). The summed E-state index contributed by atoms with van der Waals surface area (Å²) in [7, 11) is 1.77. The predicted molar refractivity (Wildman–Crippen MR) is 98.5 cm³/mol. The van der Waals surface area contributed by atoms with Crippen LogP contribution in [-0.4, -0.2) is 50.3 Å². The van der Waals surface area contributed by atoms with Crippen molar-refractivity contribution in [2.24, 2.45) is 0 Å². The van der Waals surface area contributed by atoms with Crippen molar-refractivity contribution >= 4 is 0 Å². The molecule has 4 nitrogen and oxygen atoms in total. The first-order valence-electron chi connectivity index (χ1n) is 9.24. The highest BCUT2D eigenvalue weighted by atomic mass is 16.5. The molecule has 1 aromatic carbocycles. The van der Waals surface area contributed by atoms with E-state index in [1.54, 1.807) is 7.11 Å². The molecule has 1 unspecified atom stereocenters. The fourth-order valence-electron chi connectivity index (χ4n) is 4.09. The van der Waals surface area contributed by atoms with Crippen molar-refractivity contribution in [1.29, 1.82) is 0 Å². The quantitative estimate of drug-likeness (QED) is 0.919. The number of nitrogens with one attached hydrogen (secondary N) is 1. The summed E-state index contributed by atoms with van der Waals surface area (Å²) < 4.78 is 12.2. The van der Waals surface area contributed by atoms with Crippen molar-refractivity contribution < 1.29 is 9.47 Å². The fraction of sp³-hybridized carbons (Fsp3) is 0.700. The maximum absolute atomic E-state index is 6.60. The third kappa shape index (κ3) is 3.27. The van der Waals surface area contributed by atoms with Gasteiger partial charge in [0.15, 0.2) is 0 Å². The smallest absolute Gasteiger partial charge is 0.127 e. The van der Waals surface area contributed by atoms with Crippen molar-refractivity contribution in [3.63, 3.8) is 0 Å². The Balaban J connectivity index is 1.78. The summed E-state index contributed by atoms with van der Waals surface area (Å²) in [5.41, 5.74) is 4.98. The lowest BCUT2D eigenvalue weighted by Gasteiger charge is -2.39. The van der Waals surface area contributed by atoms with Gasteiger partial charge >= 0.3 is 0 Å². The highest BCUT2D eigenvalue weighted by Crippen LogP contribution is 2.44. The van der Waals surface area contributed by atoms with Crippen LogP contribution in [0.5, 0.6) is 11.5 Å². The average Bonchev–Trinajstić information content (AvgIpc) is 2.59. The molecule has 2 aliphatic rings. The second-order valence-electron chi connectivity index (χ2n) is 7.61. The zero-order valence-electron chi connectivity index (χ0n) is 15.9. The van der Waals surface area contributed by atoms with Gasteiger partial charge < -0.3 is 19.7 Å². The third-order valence-electron chi connectivity index (χ3n) is 5.93. The Morgan fingerprint density at radius 1 is 1.12 bits per heavy atom. The summed E-state index contributed by atoms with van der Waals surface area (Å²) in [4.78, 5) is 2.55. The summed E-state index contributed by atoms with van der Waals surface area (Å²) >= 11 is 0. The monoisotopic (exact) mass is 332 g/mol. The van der Waals surface area contributed by atoms with Crippen LogP contribution in [0.4, 0.5) is 0 Å². The zero-order chi connectivity index (χ0) is 17.3. The van der Waals surface area contributed by atoms with Crippen molar-refractivity contribution in [2.75, 3.05) is 39.8 Å². The van der Waals surface area contributed by atoms with Gasteiger partial charge in [-0.1, -0.05) is 0 Å². The van der Waals surface area contributed by atoms with E-state index in [4.69, 9.17) is 9.47 Å². The molecule has 134 valence electrons. The van der Waals surface area contributed by atoms with Gasteiger partial charge in [-0.15, -0.1) is 0 Å². The van der Waals surface area contributed by atoms with Gasteiger partial charge in [0.25, 0.3) is 0 Å². The highest BCUT2D eigenvalue weighted by molar-refractivity contribution is 5.58. The molecule has 1 fully saturated rings. The lowest BCUT2D eigenvalue weighted by Crippen LogP contribution is -2.46. The lowest BCUT2D eigenvalue weighted by atomic mass is 9.85. The fourth-order valence-corrected chi connectivity index (χ4v) is 4.09. The molecule has 0 radical (unpaired) electrons. The molecule has 0 amide bonds. The van der Waals surface area contributed by atoms with Gasteiger partial charge in [-0.25, -0.2) is 0 Å². The van der Waals surface area contributed by atoms with E-state index < -0.39 is 0 Å². The highest BCUT2D eigenvalue weighted by Gasteiger charge is 2.35. The number of fused-ring (bicyclic) bond motifs is 1. The number of nitrogens with zero attached hydrogens (tertiary/aromatic N) is 1. The molecule has 0 bridgehead atoms. The first-order valence-corrected chi connectivity index (χ1v) is 9.24. The van der Waals surface area contributed by atoms with E-state index in [0.717, 1.165) is 63.5 Å². The maximum atomic E-state index is 6.60. The van der Waals surface area contributed by atoms with E-state index >= 15 is 0 Å². The summed E-state index contributed by atoms with van der Waals surface area (Å²) in [5, 5.41) is 3.42. The van der Waals surface area contributed by atoms with Crippen LogP contribution in [0.25, 0.3) is 0 Å². The van der Waals surface area contributed by atoms with Crippen LogP contribution in [0.1, 0.15) is 42.0 Å². The summed E-state index contributed by atoms with van der Waals surface area (Å²) in [5.74, 6) is 2.14. The van der Waals surface area contributed by atoms with Crippen LogP contribution in [-0.2, 0) is 6.42 Å². The first-order chi connectivity index (χ1) is 11.4. The standard InChI is InChI=1S/C20H32N2O2/c1-14-15(2)19-17(16(3)18(14)23-5)6-7-20(4,24-19)8-11-22-12-9-21-10-13-22/h21H,6-13H2,1-5H3. The van der Waals surface area contributed by atoms with Crippen LogP contribution >= 0.6 is 0 Å². The van der Waals surface area contributed by atoms with Gasteiger partial charge in [-0.3, -0.25) is 0 Å². The number of ether oxygens (including phenoxy) is 2. The molecule has 1 saturated heterocycles. The Morgan fingerprint density at radius 3 is 2.50 bits per heavy atom. The molecular formula is C20H32N2O2. The molecule has 1 atom stereocenters. The normalized spacial score (nSPS) is 24.4. The number of benzene rings is 1. The molecule has 2 aliphatic heterocycles. The molecule has 24 heavy (non-hydrogen) atoms. The Labute approximate surface area is 146 Å². The number of hydrogen-bond donors (Lipinski definition) is 1. The molecule has 0 aromatic heterocycles. The first kappa shape index (κ1) is 17.6. The van der Waals surface area contributed by atoms with Gasteiger partial charge in [0.1, 0.15) is 17.1 Å². The Kier molecular flexibility index (Phi) is 5.07. The van der Waals surface area contributed by atoms with Crippen molar-refractivity contribution in [2.45, 2.75) is 52.6 Å². The summed E-state index contributed by atoms with van der Waals surface area (Å²) in [6, 6.07) is 0. The summed E-state index contributed by atoms with van der Waals surface area (Å²) in [6.45, 7) is 14.4. The van der Waals surface area contributed by atoms with E-state index in [1.165, 1.54) is 22.3 Å². The predicted octanol–water partition coefficient (Wildman–Crippen LogP) is 3.00. The Bertz CT molecular complexity index is 608. The van der Waals surface area contributed by atoms with E-state index in [0.29, 0.717) is 0 Å². The second-order valence-corrected chi connectivity index (χ2v) is 7.61. The molecule has 0 spiro atoms. The number of methoxy groups -OCH3 is 1. The molecule has 2 heterocycles. The van der Waals surface area contributed by atoms with E-state index in [2.05, 4.69) is 37.9 Å². The van der Waals surface area contributed by atoms with Gasteiger partial charge in [0, 0.05) is 38.3 Å². The van der Waals surface area contributed by atoms with Crippen LogP contribution in [0.3, 0.4) is 0 Å². The SMILES string of the molecule is COc1c(C)c(C)c2c(c1C)CCC(C)(CCN1CCNCC1)O2. The zero-order valence-corrected chi connectivity index (χ0v) is 15.9. The van der Waals surface area contributed by atoms with Crippen molar-refractivity contribution in [1.82, 2.24) is 10.2 Å². The van der Waals surface area contributed by atoms with Gasteiger partial charge in [-0.05, 0) is 63.6 Å². The van der Waals surface area contributed by atoms with Crippen LogP contribution in [0.15, 0.2) is 0 Å². The van der Waals surface area contributed by atoms with E-state index in [-0.39, 0.29) is 5.60 Å². The van der Waals surface area contributed by atoms with Crippen LogP contribution in [0.2, 0.25) is 0 Å². The maximum Gasteiger partial charge on any atom is 0.127 e. The van der Waals surface area contributed by atoms with Gasteiger partial charge in [0.2, 0.25) is 0 Å². The largest absolute Gasteiger partial charge is 0.496 e. The Hall–Kier alpha value is -1.26. The van der Waals surface area contributed by atoms with Gasteiger partial charge in [-0.2, -0.15) is 0 Å². The minimum absolute atomic E-state index is 0.0594. The molecule has 1 N–H and O–H groups in total. The van der Waals surface area contributed by atoms with Crippen LogP contribution < -0.4 is 14.8 Å². The van der Waals surface area contributed by atoms with Gasteiger partial charge in [0.05, 0.1) is 7.11 Å². The molecule has 4 heteroatoms. The number of piperazine rings is 1. The third-order valence-corrected chi connectivity index (χ3v) is 5.93. The second kappa shape index (κ2) is 6.93. The summed E-state index contributed by atoms with van der Waals surface area (Å²) in [6.07, 6.45) is 3.26. The minimum Gasteiger partial charge on any atom is -0.496 e. The lowest BCUT2D eigenvalue weighted by molar-refractivity contribution is 0.0421. The molecule has 0 aliphatic carbocycles. The van der Waals surface area contributed by atoms with E-state index in [1.807, 2.05) is 0 Å². The van der Waals surface area contributed by atoms with E-state index in [9.17, 15) is 0 Å². The van der Waals surface area contributed by atoms with Crippen molar-refractivity contribution in [3.8, 4) is 11.5 Å². The molecular weight excluding hydrogens is 300 g/mol. The van der Waals surface area contributed by atoms with Crippen molar-refractivity contribution in [3.05, 3.63) is 22.3 Å². The minimum atomic E-state index is -0.0594. The topological polar surface area (TPSA) is 33.7 Å². The Morgan fingerprint density at radius 2 is 1.83 bits per heavy atom. The van der Waals surface area contributed by atoms with Crippen LogP contribution in [0, 0.1) is 20.8 Å². The number of hydrogen-bond acceptors (Lipinski definition) is 4. The number of rotatable bonds is 4.